The fourth-order valence-electron chi connectivity index (χ4n) is 3.03. The first kappa shape index (κ1) is 21.8. The summed E-state index contributed by atoms with van der Waals surface area (Å²) >= 11 is 5.60. The van der Waals surface area contributed by atoms with Crippen LogP contribution in [0, 0.1) is 41.5 Å². The molecule has 0 spiro atoms. The number of fused-ring (bicyclic) bond motifs is 2. The van der Waals surface area contributed by atoms with E-state index in [0.29, 0.717) is 0 Å². The molecule has 29 heavy (non-hydrogen) atoms. The number of thiophene rings is 3. The summed E-state index contributed by atoms with van der Waals surface area (Å²) in [6.07, 6.45) is 0. The van der Waals surface area contributed by atoms with Crippen LogP contribution in [-0.4, -0.2) is 0 Å². The summed E-state index contributed by atoms with van der Waals surface area (Å²) in [6, 6.07) is 21.9. The van der Waals surface area contributed by atoms with E-state index < -0.39 is 0 Å². The van der Waals surface area contributed by atoms with Crippen LogP contribution in [0.25, 0.3) is 20.2 Å². The molecule has 0 unspecified atom stereocenters. The van der Waals surface area contributed by atoms with Gasteiger partial charge in [-0.2, -0.15) is 0 Å². The van der Waals surface area contributed by atoms with Crippen LogP contribution in [0.4, 0.5) is 0 Å². The third kappa shape index (κ3) is 6.27. The molecule has 0 nitrogen and oxygen atoms in total. The fraction of sp³-hybridized carbons (Fsp3) is 0.231. The molecule has 3 heteroatoms. The van der Waals surface area contributed by atoms with E-state index in [-0.39, 0.29) is 0 Å². The lowest BCUT2D eigenvalue weighted by Crippen LogP contribution is -1.70. The van der Waals surface area contributed by atoms with Crippen molar-refractivity contribution >= 4 is 54.2 Å². The van der Waals surface area contributed by atoms with Gasteiger partial charge in [0.05, 0.1) is 0 Å². The fourth-order valence-corrected chi connectivity index (χ4v) is 5.72. The maximum absolute atomic E-state index is 2.31. The van der Waals surface area contributed by atoms with Crippen molar-refractivity contribution in [1.82, 2.24) is 0 Å². The molecule has 0 fully saturated rings. The Kier molecular flexibility index (Phi) is 7.28. The molecular weight excluding hydrogens is 408 g/mol. The van der Waals surface area contributed by atoms with Gasteiger partial charge in [-0.05, 0) is 88.7 Å². The summed E-state index contributed by atoms with van der Waals surface area (Å²) in [5.41, 5.74) is 2.66. The summed E-state index contributed by atoms with van der Waals surface area (Å²) in [6.45, 7) is 12.8. The van der Waals surface area contributed by atoms with Crippen LogP contribution in [0.15, 0.2) is 60.7 Å². The van der Waals surface area contributed by atoms with Crippen LogP contribution in [-0.2, 0) is 0 Å². The van der Waals surface area contributed by atoms with Gasteiger partial charge in [-0.3, -0.25) is 0 Å². The molecule has 3 aromatic heterocycles. The zero-order valence-corrected chi connectivity index (χ0v) is 20.4. The van der Waals surface area contributed by atoms with Crippen molar-refractivity contribution in [2.75, 3.05) is 0 Å². The number of benzene rings is 2. The molecule has 0 atom stereocenters. The van der Waals surface area contributed by atoms with Gasteiger partial charge < -0.3 is 0 Å². The number of hydrogen-bond acceptors (Lipinski definition) is 3. The van der Waals surface area contributed by atoms with Gasteiger partial charge in [0.25, 0.3) is 0 Å². The number of rotatable bonds is 0. The minimum absolute atomic E-state index is 1.33. The van der Waals surface area contributed by atoms with Crippen molar-refractivity contribution < 1.29 is 0 Å². The zero-order valence-electron chi connectivity index (χ0n) is 18.0. The zero-order chi connectivity index (χ0) is 21.0. The molecule has 0 saturated heterocycles. The highest BCUT2D eigenvalue weighted by atomic mass is 32.1. The molecular formula is C26H28S3. The van der Waals surface area contributed by atoms with E-state index in [0.717, 1.165) is 0 Å². The molecule has 0 amide bonds. The van der Waals surface area contributed by atoms with Crippen molar-refractivity contribution in [3.63, 3.8) is 0 Å². The van der Waals surface area contributed by atoms with Gasteiger partial charge in [0, 0.05) is 28.9 Å². The smallest absolute Gasteiger partial charge is 0.0352 e. The first-order valence-electron chi connectivity index (χ1n) is 9.77. The van der Waals surface area contributed by atoms with Gasteiger partial charge >= 0.3 is 0 Å². The largest absolute Gasteiger partial charge is 0.146 e. The van der Waals surface area contributed by atoms with Gasteiger partial charge in [-0.15, -0.1) is 34.0 Å². The van der Waals surface area contributed by atoms with Crippen molar-refractivity contribution in [2.45, 2.75) is 41.5 Å². The number of hydrogen-bond donors (Lipinski definition) is 0. The molecule has 2 aromatic carbocycles. The number of aryl methyl sites for hydroxylation is 6. The Morgan fingerprint density at radius 3 is 1.10 bits per heavy atom. The SMILES string of the molecule is Cc1cc2cc3sc(C)cc3cc2s1.Cc1ccc(C)cc1.Cc1ccc(C)s1. The molecule has 0 bridgehead atoms. The Labute approximate surface area is 186 Å². The lowest BCUT2D eigenvalue weighted by Gasteiger charge is -1.90. The lowest BCUT2D eigenvalue weighted by molar-refractivity contribution is 1.40. The van der Waals surface area contributed by atoms with E-state index in [2.05, 4.69) is 102 Å². The molecule has 5 aromatic rings. The van der Waals surface area contributed by atoms with Crippen molar-refractivity contribution in [3.05, 3.63) is 91.3 Å². The maximum Gasteiger partial charge on any atom is 0.0352 e. The Hall–Kier alpha value is -1.94. The van der Waals surface area contributed by atoms with Crippen LogP contribution in [0.5, 0.6) is 0 Å². The predicted octanol–water partition coefficient (Wildman–Crippen LogP) is 9.40. The van der Waals surface area contributed by atoms with Gasteiger partial charge in [0.15, 0.2) is 0 Å². The lowest BCUT2D eigenvalue weighted by atomic mass is 10.2. The predicted molar refractivity (Wildman–Crippen MR) is 136 cm³/mol. The van der Waals surface area contributed by atoms with Gasteiger partial charge in [0.2, 0.25) is 0 Å². The van der Waals surface area contributed by atoms with Gasteiger partial charge in [-0.1, -0.05) is 35.4 Å². The molecule has 5 rings (SSSR count). The van der Waals surface area contributed by atoms with E-state index in [4.69, 9.17) is 0 Å². The second kappa shape index (κ2) is 9.71. The van der Waals surface area contributed by atoms with Crippen LogP contribution in [0.2, 0.25) is 0 Å². The average molecular weight is 437 g/mol. The highest BCUT2D eigenvalue weighted by Crippen LogP contribution is 2.33. The normalized spacial score (nSPS) is 10.4. The molecule has 0 aliphatic carbocycles. The quantitative estimate of drug-likeness (QED) is 0.227. The maximum atomic E-state index is 2.31. The molecule has 3 heterocycles. The summed E-state index contributed by atoms with van der Waals surface area (Å²) in [5, 5.41) is 2.78. The highest BCUT2D eigenvalue weighted by Gasteiger charge is 2.03. The van der Waals surface area contributed by atoms with Crippen LogP contribution >= 0.6 is 34.0 Å². The third-order valence-corrected chi connectivity index (χ3v) is 7.44. The molecule has 0 aliphatic heterocycles. The minimum atomic E-state index is 1.33. The molecule has 150 valence electrons. The molecule has 0 radical (unpaired) electrons. The van der Waals surface area contributed by atoms with E-state index in [1.54, 1.807) is 0 Å². The summed E-state index contributed by atoms with van der Waals surface area (Å²) in [5.74, 6) is 0. The topological polar surface area (TPSA) is 0 Å². The standard InChI is InChI=1S/C12H10S2.C8H10.C6H8S/c1-7-3-9-5-12-10(4-8(2)14-12)6-11(9)13-7;1-7-3-5-8(2)6-4-7;1-5-3-4-6(2)7-5/h3-6H,1-2H3;3-6H,1-2H3;3-4H,1-2H3. The van der Waals surface area contributed by atoms with Crippen LogP contribution in [0.3, 0.4) is 0 Å². The van der Waals surface area contributed by atoms with Crippen molar-refractivity contribution in [2.24, 2.45) is 0 Å². The van der Waals surface area contributed by atoms with Crippen molar-refractivity contribution in [3.8, 4) is 0 Å². The minimum Gasteiger partial charge on any atom is -0.146 e. The van der Waals surface area contributed by atoms with Crippen LogP contribution < -0.4 is 0 Å². The Bertz CT molecular complexity index is 1060. The second-order valence-electron chi connectivity index (χ2n) is 7.45. The van der Waals surface area contributed by atoms with E-state index in [1.807, 2.05) is 34.0 Å². The summed E-state index contributed by atoms with van der Waals surface area (Å²) in [7, 11) is 0. The Morgan fingerprint density at radius 1 is 0.414 bits per heavy atom. The average Bonchev–Trinajstić information content (AvgIpc) is 3.32. The van der Waals surface area contributed by atoms with Crippen LogP contribution in [0.1, 0.15) is 30.6 Å². The molecule has 0 saturated carbocycles. The second-order valence-corrected chi connectivity index (χ2v) is 11.5. The van der Waals surface area contributed by atoms with Crippen molar-refractivity contribution in [1.29, 1.82) is 0 Å². The Balaban J connectivity index is 0.000000137. The van der Waals surface area contributed by atoms with E-state index in [9.17, 15) is 0 Å². The first-order chi connectivity index (χ1) is 13.8. The van der Waals surface area contributed by atoms with E-state index in [1.165, 1.54) is 50.8 Å². The first-order valence-corrected chi connectivity index (χ1v) is 12.2. The third-order valence-electron chi connectivity index (χ3n) is 4.49. The highest BCUT2D eigenvalue weighted by molar-refractivity contribution is 7.20. The summed E-state index contributed by atoms with van der Waals surface area (Å²) < 4.78 is 2.82. The monoisotopic (exact) mass is 436 g/mol. The summed E-state index contributed by atoms with van der Waals surface area (Å²) in [4.78, 5) is 5.60. The van der Waals surface area contributed by atoms with Gasteiger partial charge in [-0.25, -0.2) is 0 Å². The molecule has 0 aliphatic rings. The van der Waals surface area contributed by atoms with E-state index >= 15 is 0 Å². The Morgan fingerprint density at radius 2 is 0.793 bits per heavy atom. The molecule has 0 N–H and O–H groups in total. The van der Waals surface area contributed by atoms with Gasteiger partial charge in [0.1, 0.15) is 0 Å².